The van der Waals surface area contributed by atoms with E-state index in [0.717, 1.165) is 52.5 Å². The van der Waals surface area contributed by atoms with Gasteiger partial charge in [0, 0.05) is 39.7 Å². The Balaban J connectivity index is 0.000000117. The van der Waals surface area contributed by atoms with Crippen LogP contribution in [0.2, 0.25) is 0 Å². The molecule has 0 saturated heterocycles. The number of imidazole rings is 1. The van der Waals surface area contributed by atoms with Crippen molar-refractivity contribution in [2.24, 2.45) is 34.1 Å². The first-order valence-electron chi connectivity index (χ1n) is 42.6. The van der Waals surface area contributed by atoms with Crippen LogP contribution in [0.5, 0.6) is 5.75 Å². The molecule has 0 bridgehead atoms. The van der Waals surface area contributed by atoms with Crippen LogP contribution in [0.25, 0.3) is 122 Å². The molecule has 21 aromatic rings. The number of nitrogen functional groups attached to an aromatic ring is 4. The highest BCUT2D eigenvalue weighted by molar-refractivity contribution is 5.99. The molecule has 0 unspecified atom stereocenters. The van der Waals surface area contributed by atoms with Gasteiger partial charge in [0.2, 0.25) is 0 Å². The van der Waals surface area contributed by atoms with Crippen molar-refractivity contribution >= 4 is 112 Å². The minimum Gasteiger partial charge on any atom is -0.505 e. The standard InChI is InChI=1S/C26H22FN9O2.C24H21N9O.C23H21N9O2.C20H19N9O/c1-13-6-4-5-7-17(13)36-19(31-21-14(2)32-34(3)23(21)26(36)38)11-35-25-20(24(28)29-12-30-25)22(33-35)15-8-9-16(27)18(37)10-15;1-14-5-3-4-6-18(14)33-19(29-17-11-28-31(2)21(17)24(33)34)12-32-23-20(22(25)26-13-27-23)16(30-32)10-9-15-7-8-15;1-13-7-4-5-9-16(13)32-17(27-19-14(2)28-30(3)20(19)23(32)34)11-31-22-18(21(24)25-12-26-22)15(29-31)8-6-10-33;1-11-6-4-5-7-13(11)29-14(25-15-12(2)26-27(3)17(15)20(29)30)8-28-10-24-16-18(21)22-9-23-19(16)28/h4-10,12,37H,11H2,1-3H3,(H2,28,29,30);3-6,11,13,15H,7-8,12H2,1-2H3,(H2,25,26,27);4-5,7,9,12,33H,10-11H2,1-3H3,(H2,24,25,26);4-7,9-10H,8H2,1-3H3,(H2,21,22,23). The maximum atomic E-state index is 13.9. The van der Waals surface area contributed by atoms with E-state index < -0.39 is 11.6 Å². The van der Waals surface area contributed by atoms with E-state index >= 15 is 0 Å². The van der Waals surface area contributed by atoms with Gasteiger partial charge in [-0.2, -0.15) is 35.7 Å². The summed E-state index contributed by atoms with van der Waals surface area (Å²) in [7, 11) is 6.93. The highest BCUT2D eigenvalue weighted by Gasteiger charge is 2.30. The van der Waals surface area contributed by atoms with Crippen LogP contribution in [0, 0.1) is 83.9 Å². The lowest BCUT2D eigenvalue weighted by atomic mass is 10.1. The Labute approximate surface area is 767 Å². The molecule has 22 rings (SSSR count). The Bertz CT molecular complexity index is 8890. The first-order chi connectivity index (χ1) is 65.6. The van der Waals surface area contributed by atoms with Gasteiger partial charge in [0.25, 0.3) is 22.2 Å². The van der Waals surface area contributed by atoms with Crippen LogP contribution in [0.3, 0.4) is 0 Å². The Morgan fingerprint density at radius 2 is 0.809 bits per heavy atom. The summed E-state index contributed by atoms with van der Waals surface area (Å²) >= 11 is 0. The first-order valence-corrected chi connectivity index (χ1v) is 42.6. The molecule has 0 amide bonds. The molecule has 1 aliphatic carbocycles. The van der Waals surface area contributed by atoms with E-state index in [4.69, 9.17) is 58.2 Å². The van der Waals surface area contributed by atoms with Gasteiger partial charge in [-0.05, 0) is 138 Å². The highest BCUT2D eigenvalue weighted by atomic mass is 19.1. The summed E-state index contributed by atoms with van der Waals surface area (Å²) in [5.41, 5.74) is 40.0. The number of aryl methyl sites for hydroxylation is 11. The minimum absolute atomic E-state index is 0.0496. The van der Waals surface area contributed by atoms with Crippen LogP contribution in [0.1, 0.15) is 86.9 Å². The molecule has 5 aromatic carbocycles. The SMILES string of the molecule is Cc1ccccc1-n1c(Cn2cnc3c(N)ncnc32)nc2c(C)nn(C)c2c1=O.Cc1ccccc1-n1c(Cn2nc(-c3ccc(F)c(O)c3)c3c(N)ncnc32)nc2c(C)nn(C)c2c1=O.Cc1ccccc1-n1c(Cn2nc(C#CC3CC3)c3c(N)ncnc32)nc2cnn(C)c2c1=O.Cc1ccccc1-n1c(Cn2nc(C#CCO)c3c(N)ncnc32)nc2c(C)nn(C)c2c1=O. The number of hydrogen-bond acceptors (Lipinski definition) is 30. The molecule has 43 heteroatoms. The number of benzene rings is 5. The lowest BCUT2D eigenvalue weighted by Gasteiger charge is -2.15. The van der Waals surface area contributed by atoms with Crippen molar-refractivity contribution in [3.63, 3.8) is 0 Å². The van der Waals surface area contributed by atoms with Crippen LogP contribution in [-0.4, -0.2) is 173 Å². The second-order valence-electron chi connectivity index (χ2n) is 32.4. The average molecular weight is 1820 g/mol. The maximum absolute atomic E-state index is 13.9. The highest BCUT2D eigenvalue weighted by Crippen LogP contribution is 2.35. The molecule has 16 aromatic heterocycles. The average Bonchev–Trinajstić information content (AvgIpc) is 1.57. The lowest BCUT2D eigenvalue weighted by Crippen LogP contribution is -2.27. The smallest absolute Gasteiger partial charge is 0.284 e. The van der Waals surface area contributed by atoms with Crippen molar-refractivity contribution in [2.45, 2.75) is 87.5 Å². The second kappa shape index (κ2) is 34.9. The molecule has 678 valence electrons. The molecule has 136 heavy (non-hydrogen) atoms. The number of aliphatic hydroxyl groups is 1. The zero-order valence-corrected chi connectivity index (χ0v) is 75.0. The van der Waals surface area contributed by atoms with Crippen molar-refractivity contribution in [3.05, 3.63) is 274 Å². The van der Waals surface area contributed by atoms with E-state index in [2.05, 4.69) is 94.0 Å². The van der Waals surface area contributed by atoms with Gasteiger partial charge >= 0.3 is 0 Å². The monoisotopic (exact) mass is 1820 g/mol. The summed E-state index contributed by atoms with van der Waals surface area (Å²) in [5, 5.41) is 52.0. The lowest BCUT2D eigenvalue weighted by molar-refractivity contribution is 0.350. The third-order valence-electron chi connectivity index (χ3n) is 23.3. The van der Waals surface area contributed by atoms with Gasteiger partial charge in [0.05, 0.1) is 75.1 Å². The van der Waals surface area contributed by atoms with Gasteiger partial charge in [-0.3, -0.25) is 56.2 Å². The van der Waals surface area contributed by atoms with Gasteiger partial charge < -0.3 is 37.7 Å². The topological polar surface area (TPSA) is 530 Å². The normalized spacial score (nSPS) is 11.9. The molecule has 42 nitrogen and oxygen atoms in total. The molecular formula is C93H83FN36O6. The summed E-state index contributed by atoms with van der Waals surface area (Å²) in [4.78, 5) is 112. The van der Waals surface area contributed by atoms with E-state index in [1.54, 1.807) is 98.6 Å². The first kappa shape index (κ1) is 87.1. The molecule has 0 radical (unpaired) electrons. The second-order valence-corrected chi connectivity index (χ2v) is 32.4. The fraction of sp³-hybridized carbons (Fsp3) is 0.204. The van der Waals surface area contributed by atoms with Crippen molar-refractivity contribution in [2.75, 3.05) is 29.5 Å². The number of aromatic nitrogens is 32. The molecule has 0 aliphatic heterocycles. The molecular weight excluding hydrogens is 1740 g/mol. The summed E-state index contributed by atoms with van der Waals surface area (Å²) in [6.45, 7) is 13.5. The summed E-state index contributed by atoms with van der Waals surface area (Å²) in [6, 6.07) is 34.4. The number of fused-ring (bicyclic) bond motifs is 8. The molecule has 16 heterocycles. The summed E-state index contributed by atoms with van der Waals surface area (Å²) in [6.07, 6.45) is 10.9. The maximum Gasteiger partial charge on any atom is 0.284 e. The van der Waals surface area contributed by atoms with Crippen molar-refractivity contribution in [1.82, 2.24) is 156 Å². The number of anilines is 4. The predicted molar refractivity (Wildman–Crippen MR) is 506 cm³/mol. The Morgan fingerprint density at radius 1 is 0.419 bits per heavy atom. The van der Waals surface area contributed by atoms with Crippen molar-refractivity contribution in [3.8, 4) is 63.4 Å². The van der Waals surface area contributed by atoms with Crippen molar-refractivity contribution < 1.29 is 14.6 Å². The summed E-state index contributed by atoms with van der Waals surface area (Å²) < 4.78 is 33.0. The number of phenols is 1. The van der Waals surface area contributed by atoms with Crippen LogP contribution in [-0.2, 0) is 54.4 Å². The quantitative estimate of drug-likeness (QED) is 0.0615. The van der Waals surface area contributed by atoms with Gasteiger partial charge in [0.15, 0.2) is 62.0 Å². The van der Waals surface area contributed by atoms with Gasteiger partial charge in [-0.25, -0.2) is 83.2 Å². The summed E-state index contributed by atoms with van der Waals surface area (Å²) in [5.74, 6) is 13.8. The van der Waals surface area contributed by atoms with Crippen LogP contribution >= 0.6 is 0 Å². The minimum atomic E-state index is -0.756. The predicted octanol–water partition coefficient (Wildman–Crippen LogP) is 7.33. The van der Waals surface area contributed by atoms with Crippen LogP contribution in [0.4, 0.5) is 27.7 Å². The Hall–Kier alpha value is -18.3. The van der Waals surface area contributed by atoms with E-state index in [1.807, 2.05) is 139 Å². The fourth-order valence-corrected chi connectivity index (χ4v) is 16.7. The zero-order chi connectivity index (χ0) is 95.1. The molecule has 0 atom stereocenters. The Morgan fingerprint density at radius 3 is 1.24 bits per heavy atom. The largest absolute Gasteiger partial charge is 0.505 e. The van der Waals surface area contributed by atoms with Gasteiger partial charge in [0.1, 0.15) is 137 Å². The molecule has 1 saturated carbocycles. The van der Waals surface area contributed by atoms with E-state index in [-0.39, 0.29) is 66.7 Å². The number of nitrogens with zero attached hydrogens (tertiary/aromatic N) is 32. The number of rotatable bonds is 13. The number of phenolic OH excluding ortho intramolecular Hbond substituents is 1. The number of aliphatic hydroxyl groups excluding tert-OH is 1. The van der Waals surface area contributed by atoms with Gasteiger partial charge in [-0.15, -0.1) is 0 Å². The zero-order valence-electron chi connectivity index (χ0n) is 75.0. The molecule has 1 fully saturated rings. The van der Waals surface area contributed by atoms with Crippen molar-refractivity contribution in [1.29, 1.82) is 0 Å². The number of para-hydroxylation sites is 4. The van der Waals surface area contributed by atoms with Crippen LogP contribution in [0.15, 0.2) is 172 Å². The molecule has 1 aliphatic rings. The Kier molecular flexibility index (Phi) is 22.3. The van der Waals surface area contributed by atoms with E-state index in [0.29, 0.717) is 180 Å². The molecule has 10 N–H and O–H groups in total. The fourth-order valence-electron chi connectivity index (χ4n) is 16.7. The third kappa shape index (κ3) is 15.6. The third-order valence-corrected chi connectivity index (χ3v) is 23.3. The number of halogens is 1. The number of hydrogen-bond donors (Lipinski definition) is 6. The number of aromatic hydroxyl groups is 1. The van der Waals surface area contributed by atoms with Gasteiger partial charge in [-0.1, -0.05) is 84.6 Å². The molecule has 0 spiro atoms. The number of nitrogens with two attached hydrogens (primary N) is 4. The van der Waals surface area contributed by atoms with E-state index in [9.17, 15) is 28.7 Å². The van der Waals surface area contributed by atoms with Crippen LogP contribution < -0.4 is 45.2 Å². The van der Waals surface area contributed by atoms with E-state index in [1.165, 1.54) is 42.1 Å².